The molecular formula is C18H16ClN3O2. The van der Waals surface area contributed by atoms with Crippen molar-refractivity contribution in [2.75, 3.05) is 13.1 Å². The largest absolute Gasteiger partial charge is 0.490 e. The van der Waals surface area contributed by atoms with Crippen molar-refractivity contribution in [3.05, 3.63) is 58.9 Å². The molecular weight excluding hydrogens is 326 g/mol. The molecule has 2 aromatic rings. The minimum Gasteiger partial charge on any atom is -0.490 e. The number of rotatable bonds is 3. The molecule has 5 nitrogen and oxygen atoms in total. The highest BCUT2D eigenvalue weighted by Gasteiger charge is 2.24. The Bertz CT molecular complexity index is 766. The molecule has 0 saturated carbocycles. The Morgan fingerprint density at radius 3 is 2.75 bits per heavy atom. The van der Waals surface area contributed by atoms with Gasteiger partial charge in [-0.15, -0.1) is 0 Å². The number of piperidine rings is 1. The van der Waals surface area contributed by atoms with Crippen LogP contribution in [0.5, 0.6) is 5.75 Å². The summed E-state index contributed by atoms with van der Waals surface area (Å²) in [6.07, 6.45) is 4.78. The van der Waals surface area contributed by atoms with E-state index in [1.54, 1.807) is 42.7 Å². The van der Waals surface area contributed by atoms with Crippen molar-refractivity contribution in [3.63, 3.8) is 0 Å². The zero-order valence-corrected chi connectivity index (χ0v) is 13.7. The highest BCUT2D eigenvalue weighted by molar-refractivity contribution is 6.31. The monoisotopic (exact) mass is 341 g/mol. The summed E-state index contributed by atoms with van der Waals surface area (Å²) in [4.78, 5) is 18.2. The Kier molecular flexibility index (Phi) is 4.97. The summed E-state index contributed by atoms with van der Waals surface area (Å²) in [5, 5.41) is 9.28. The molecule has 0 N–H and O–H groups in total. The smallest absolute Gasteiger partial charge is 0.255 e. The summed E-state index contributed by atoms with van der Waals surface area (Å²) in [6, 6.07) is 10.6. The van der Waals surface area contributed by atoms with Gasteiger partial charge in [-0.05, 0) is 24.3 Å². The van der Waals surface area contributed by atoms with Crippen LogP contribution in [0.2, 0.25) is 5.02 Å². The van der Waals surface area contributed by atoms with Gasteiger partial charge in [-0.3, -0.25) is 9.78 Å². The molecule has 0 unspecified atom stereocenters. The van der Waals surface area contributed by atoms with Gasteiger partial charge in [0.2, 0.25) is 0 Å². The number of pyridine rings is 1. The Morgan fingerprint density at radius 2 is 2.12 bits per heavy atom. The average Bonchev–Trinajstić information content (AvgIpc) is 2.63. The van der Waals surface area contributed by atoms with E-state index in [0.717, 1.165) is 12.8 Å². The van der Waals surface area contributed by atoms with Crippen molar-refractivity contribution >= 4 is 17.5 Å². The second kappa shape index (κ2) is 7.33. The van der Waals surface area contributed by atoms with Crippen molar-refractivity contribution in [2.45, 2.75) is 18.9 Å². The van der Waals surface area contributed by atoms with E-state index < -0.39 is 0 Å². The molecule has 122 valence electrons. The third-order valence-electron chi connectivity index (χ3n) is 4.00. The molecule has 1 saturated heterocycles. The Morgan fingerprint density at radius 1 is 1.33 bits per heavy atom. The molecule has 1 aromatic heterocycles. The highest BCUT2D eigenvalue weighted by Crippen LogP contribution is 2.25. The first-order valence-corrected chi connectivity index (χ1v) is 8.11. The zero-order valence-electron chi connectivity index (χ0n) is 13.0. The van der Waals surface area contributed by atoms with Crippen LogP contribution in [0.25, 0.3) is 0 Å². The average molecular weight is 342 g/mol. The number of nitriles is 1. The summed E-state index contributed by atoms with van der Waals surface area (Å²) in [7, 11) is 0. The van der Waals surface area contributed by atoms with E-state index in [2.05, 4.69) is 4.98 Å². The van der Waals surface area contributed by atoms with Crippen molar-refractivity contribution in [2.24, 2.45) is 0 Å². The Balaban J connectivity index is 1.57. The number of hydrogen-bond acceptors (Lipinski definition) is 4. The summed E-state index contributed by atoms with van der Waals surface area (Å²) in [5.41, 5.74) is 1.04. The van der Waals surface area contributed by atoms with Crippen molar-refractivity contribution < 1.29 is 9.53 Å². The number of carbonyl (C=O) groups excluding carboxylic acids is 1. The number of aromatic nitrogens is 1. The van der Waals surface area contributed by atoms with E-state index in [0.29, 0.717) is 35.0 Å². The minimum absolute atomic E-state index is 0.00275. The highest BCUT2D eigenvalue weighted by atomic mass is 35.5. The van der Waals surface area contributed by atoms with Gasteiger partial charge in [-0.2, -0.15) is 5.26 Å². The third kappa shape index (κ3) is 3.66. The lowest BCUT2D eigenvalue weighted by Crippen LogP contribution is -2.41. The number of halogens is 1. The van der Waals surface area contributed by atoms with Gasteiger partial charge in [0.1, 0.15) is 17.9 Å². The van der Waals surface area contributed by atoms with E-state index in [1.807, 2.05) is 11.0 Å². The summed E-state index contributed by atoms with van der Waals surface area (Å²) >= 11 is 6.02. The molecule has 1 amide bonds. The molecule has 24 heavy (non-hydrogen) atoms. The third-order valence-corrected chi connectivity index (χ3v) is 4.31. The van der Waals surface area contributed by atoms with Crippen LogP contribution < -0.4 is 4.74 Å². The van der Waals surface area contributed by atoms with Crippen LogP contribution in [0, 0.1) is 11.3 Å². The van der Waals surface area contributed by atoms with Gasteiger partial charge in [0.15, 0.2) is 0 Å². The molecule has 6 heteroatoms. The van der Waals surface area contributed by atoms with Crippen LogP contribution in [0.15, 0.2) is 42.7 Å². The van der Waals surface area contributed by atoms with Crippen LogP contribution in [-0.4, -0.2) is 35.0 Å². The molecule has 1 aliphatic rings. The second-order valence-corrected chi connectivity index (χ2v) is 6.01. The number of likely N-dealkylation sites (tertiary alicyclic amines) is 1. The van der Waals surface area contributed by atoms with Crippen LogP contribution in [-0.2, 0) is 0 Å². The zero-order chi connectivity index (χ0) is 16.9. The van der Waals surface area contributed by atoms with Crippen molar-refractivity contribution in [3.8, 4) is 11.8 Å². The molecule has 0 bridgehead atoms. The van der Waals surface area contributed by atoms with E-state index in [1.165, 1.54) is 0 Å². The molecule has 0 spiro atoms. The fraction of sp³-hybridized carbons (Fsp3) is 0.278. The van der Waals surface area contributed by atoms with E-state index in [4.69, 9.17) is 21.6 Å². The van der Waals surface area contributed by atoms with Gasteiger partial charge < -0.3 is 9.64 Å². The maximum Gasteiger partial charge on any atom is 0.255 e. The number of carbonyl (C=O) groups is 1. The summed E-state index contributed by atoms with van der Waals surface area (Å²) in [5.74, 6) is 0.652. The van der Waals surface area contributed by atoms with Gasteiger partial charge in [0, 0.05) is 44.4 Å². The normalized spacial score (nSPS) is 14.9. The SMILES string of the molecule is N#Cc1ccc(OC2CCN(C(=O)c3cccnc3)CC2)cc1Cl. The van der Waals surface area contributed by atoms with E-state index in [9.17, 15) is 4.79 Å². The van der Waals surface area contributed by atoms with E-state index >= 15 is 0 Å². The van der Waals surface area contributed by atoms with Gasteiger partial charge in [0.05, 0.1) is 16.1 Å². The summed E-state index contributed by atoms with van der Waals surface area (Å²) < 4.78 is 5.93. The number of nitrogens with zero attached hydrogens (tertiary/aromatic N) is 3. The first kappa shape index (κ1) is 16.3. The summed E-state index contributed by atoms with van der Waals surface area (Å²) in [6.45, 7) is 1.28. The van der Waals surface area contributed by atoms with Crippen LogP contribution in [0.1, 0.15) is 28.8 Å². The van der Waals surface area contributed by atoms with E-state index in [-0.39, 0.29) is 12.0 Å². The van der Waals surface area contributed by atoms with Crippen molar-refractivity contribution in [1.82, 2.24) is 9.88 Å². The molecule has 0 atom stereocenters. The standard InChI is InChI=1S/C18H16ClN3O2/c19-17-10-16(4-3-13(17)11-20)24-15-5-8-22(9-6-15)18(23)14-2-1-7-21-12-14/h1-4,7,10,12,15H,5-6,8-9H2. The van der Waals surface area contributed by atoms with Crippen molar-refractivity contribution in [1.29, 1.82) is 5.26 Å². The number of hydrogen-bond donors (Lipinski definition) is 0. The lowest BCUT2D eigenvalue weighted by molar-refractivity contribution is 0.0595. The minimum atomic E-state index is 0.00275. The lowest BCUT2D eigenvalue weighted by atomic mass is 10.1. The topological polar surface area (TPSA) is 66.2 Å². The van der Waals surface area contributed by atoms with Gasteiger partial charge >= 0.3 is 0 Å². The van der Waals surface area contributed by atoms with Crippen LogP contribution in [0.4, 0.5) is 0 Å². The van der Waals surface area contributed by atoms with Gasteiger partial charge in [-0.1, -0.05) is 11.6 Å². The number of benzene rings is 1. The van der Waals surface area contributed by atoms with Gasteiger partial charge in [0.25, 0.3) is 5.91 Å². The number of amides is 1. The first-order chi connectivity index (χ1) is 11.7. The quantitative estimate of drug-likeness (QED) is 0.859. The predicted octanol–water partition coefficient (Wildman–Crippen LogP) is 3.29. The molecule has 0 aliphatic carbocycles. The molecule has 1 fully saturated rings. The predicted molar refractivity (Wildman–Crippen MR) is 90.0 cm³/mol. The number of ether oxygens (including phenoxy) is 1. The van der Waals surface area contributed by atoms with Crippen LogP contribution in [0.3, 0.4) is 0 Å². The van der Waals surface area contributed by atoms with Crippen LogP contribution >= 0.6 is 11.6 Å². The molecule has 0 radical (unpaired) electrons. The van der Waals surface area contributed by atoms with Gasteiger partial charge in [-0.25, -0.2) is 0 Å². The molecule has 2 heterocycles. The maximum absolute atomic E-state index is 12.4. The molecule has 1 aromatic carbocycles. The fourth-order valence-corrected chi connectivity index (χ4v) is 2.91. The lowest BCUT2D eigenvalue weighted by Gasteiger charge is -2.32. The fourth-order valence-electron chi connectivity index (χ4n) is 2.70. The second-order valence-electron chi connectivity index (χ2n) is 5.60. The molecule has 1 aliphatic heterocycles. The Hall–Kier alpha value is -2.58. The Labute approximate surface area is 145 Å². The molecule has 3 rings (SSSR count). The first-order valence-electron chi connectivity index (χ1n) is 7.73. The maximum atomic E-state index is 12.4.